The lowest BCUT2D eigenvalue weighted by molar-refractivity contribution is -0.115. The van der Waals surface area contributed by atoms with Gasteiger partial charge in [0.05, 0.1) is 28.3 Å². The fraction of sp³-hybridized carbons (Fsp3) is 0.105. The van der Waals surface area contributed by atoms with Crippen molar-refractivity contribution in [1.82, 2.24) is 5.32 Å². The van der Waals surface area contributed by atoms with E-state index in [0.717, 1.165) is 10.4 Å². The van der Waals surface area contributed by atoms with Gasteiger partial charge in [-0.25, -0.2) is 0 Å². The molecule has 1 heterocycles. The largest absolute Gasteiger partial charge is 0.324 e. The smallest absolute Gasteiger partial charge is 0.238 e. The maximum atomic E-state index is 12.3. The van der Waals surface area contributed by atoms with Gasteiger partial charge in [0, 0.05) is 4.88 Å². The van der Waals surface area contributed by atoms with E-state index >= 15 is 0 Å². The maximum Gasteiger partial charge on any atom is 0.238 e. The van der Waals surface area contributed by atoms with Crippen LogP contribution in [0.5, 0.6) is 0 Å². The molecule has 3 rings (SSSR count). The maximum absolute atomic E-state index is 12.3. The summed E-state index contributed by atoms with van der Waals surface area (Å²) < 4.78 is 0. The average molecular weight is 391 g/mol. The summed E-state index contributed by atoms with van der Waals surface area (Å²) in [7, 11) is 0. The van der Waals surface area contributed by atoms with Gasteiger partial charge in [-0.05, 0) is 29.1 Å². The lowest BCUT2D eigenvalue weighted by Gasteiger charge is -2.18. The Bertz CT molecular complexity index is 838. The van der Waals surface area contributed by atoms with Crippen molar-refractivity contribution in [2.24, 2.45) is 0 Å². The van der Waals surface area contributed by atoms with Crippen molar-refractivity contribution in [2.45, 2.75) is 6.04 Å². The van der Waals surface area contributed by atoms with Gasteiger partial charge in [0.1, 0.15) is 0 Å². The van der Waals surface area contributed by atoms with Gasteiger partial charge in [0.2, 0.25) is 5.91 Å². The van der Waals surface area contributed by atoms with Crippen molar-refractivity contribution in [3.8, 4) is 0 Å². The molecule has 0 bridgehead atoms. The Morgan fingerprint density at radius 2 is 1.80 bits per heavy atom. The van der Waals surface area contributed by atoms with Crippen molar-refractivity contribution in [3.05, 3.63) is 86.5 Å². The molecule has 3 aromatic rings. The number of benzene rings is 2. The zero-order chi connectivity index (χ0) is 17.6. The molecule has 6 heteroatoms. The Kier molecular flexibility index (Phi) is 6.10. The summed E-state index contributed by atoms with van der Waals surface area (Å²) in [5, 5.41) is 8.88. The van der Waals surface area contributed by atoms with Crippen molar-refractivity contribution in [1.29, 1.82) is 0 Å². The average Bonchev–Trinajstić information content (AvgIpc) is 3.14. The molecule has 0 aliphatic heterocycles. The number of hydrogen-bond acceptors (Lipinski definition) is 3. The third kappa shape index (κ3) is 4.61. The Hall–Kier alpha value is -1.85. The van der Waals surface area contributed by atoms with Gasteiger partial charge >= 0.3 is 0 Å². The van der Waals surface area contributed by atoms with Crippen LogP contribution >= 0.6 is 34.5 Å². The first kappa shape index (κ1) is 18.0. The molecule has 0 aliphatic rings. The summed E-state index contributed by atoms with van der Waals surface area (Å²) >= 11 is 13.7. The first-order valence-electron chi connectivity index (χ1n) is 7.71. The first-order chi connectivity index (χ1) is 12.1. The van der Waals surface area contributed by atoms with Crippen LogP contribution in [0.2, 0.25) is 10.0 Å². The number of rotatable bonds is 6. The molecule has 0 spiro atoms. The first-order valence-corrected chi connectivity index (χ1v) is 9.34. The van der Waals surface area contributed by atoms with E-state index in [2.05, 4.69) is 16.7 Å². The van der Waals surface area contributed by atoms with Crippen LogP contribution in [0.25, 0.3) is 0 Å². The number of carbonyl (C=O) groups excluding carboxylic acids is 1. The summed E-state index contributed by atoms with van der Waals surface area (Å²) in [6, 6.07) is 19.2. The molecule has 0 aliphatic carbocycles. The van der Waals surface area contributed by atoms with Crippen LogP contribution in [0.4, 0.5) is 5.69 Å². The molecule has 0 unspecified atom stereocenters. The standard InChI is InChI=1S/C19H16Cl2N2OS/c20-14-8-4-9-15(18(14)21)23-17(24)12-22-19(16-10-5-11-25-16)13-6-2-1-3-7-13/h1-11,19,22H,12H2,(H,23,24)/t19-/m1/s1. The van der Waals surface area contributed by atoms with Crippen LogP contribution in [-0.2, 0) is 4.79 Å². The van der Waals surface area contributed by atoms with Crippen LogP contribution in [-0.4, -0.2) is 12.5 Å². The molecular formula is C19H16Cl2N2OS. The SMILES string of the molecule is O=C(CN[C@H](c1ccccc1)c1cccs1)Nc1cccc(Cl)c1Cl. The van der Waals surface area contributed by atoms with E-state index in [-0.39, 0.29) is 18.5 Å². The van der Waals surface area contributed by atoms with Crippen LogP contribution in [0, 0.1) is 0 Å². The third-order valence-electron chi connectivity index (χ3n) is 3.65. The van der Waals surface area contributed by atoms with Gasteiger partial charge in [0.25, 0.3) is 0 Å². The van der Waals surface area contributed by atoms with Gasteiger partial charge in [-0.3, -0.25) is 10.1 Å². The molecule has 3 nitrogen and oxygen atoms in total. The number of amides is 1. The van der Waals surface area contributed by atoms with Crippen molar-refractivity contribution in [3.63, 3.8) is 0 Å². The van der Waals surface area contributed by atoms with E-state index in [9.17, 15) is 4.79 Å². The second kappa shape index (κ2) is 8.50. The third-order valence-corrected chi connectivity index (χ3v) is 5.41. The van der Waals surface area contributed by atoms with Gasteiger partial charge in [-0.15, -0.1) is 11.3 Å². The summed E-state index contributed by atoms with van der Waals surface area (Å²) in [6.45, 7) is 0.153. The van der Waals surface area contributed by atoms with Gasteiger partial charge in [-0.2, -0.15) is 0 Å². The minimum atomic E-state index is -0.179. The van der Waals surface area contributed by atoms with Gasteiger partial charge in [0.15, 0.2) is 0 Å². The Morgan fingerprint density at radius 1 is 1.00 bits per heavy atom. The highest BCUT2D eigenvalue weighted by Gasteiger charge is 2.16. The second-order valence-corrected chi connectivity index (χ2v) is 7.15. The monoisotopic (exact) mass is 390 g/mol. The summed E-state index contributed by atoms with van der Waals surface area (Å²) in [5.41, 5.74) is 1.62. The summed E-state index contributed by atoms with van der Waals surface area (Å²) in [5.74, 6) is -0.179. The van der Waals surface area contributed by atoms with Crippen molar-refractivity contribution < 1.29 is 4.79 Å². The van der Waals surface area contributed by atoms with Crippen molar-refractivity contribution >= 4 is 46.1 Å². The number of nitrogens with one attached hydrogen (secondary N) is 2. The molecule has 2 N–H and O–H groups in total. The highest BCUT2D eigenvalue weighted by atomic mass is 35.5. The van der Waals surface area contributed by atoms with Crippen LogP contribution in [0.3, 0.4) is 0 Å². The minimum absolute atomic E-state index is 0.0400. The quantitative estimate of drug-likeness (QED) is 0.593. The fourth-order valence-electron chi connectivity index (χ4n) is 2.47. The highest BCUT2D eigenvalue weighted by molar-refractivity contribution is 7.10. The molecule has 2 aromatic carbocycles. The molecule has 0 radical (unpaired) electrons. The van der Waals surface area contributed by atoms with E-state index in [4.69, 9.17) is 23.2 Å². The van der Waals surface area contributed by atoms with E-state index in [1.807, 2.05) is 41.8 Å². The molecule has 25 heavy (non-hydrogen) atoms. The van der Waals surface area contributed by atoms with E-state index < -0.39 is 0 Å². The predicted octanol–water partition coefficient (Wildman–Crippen LogP) is 5.37. The van der Waals surface area contributed by atoms with Crippen molar-refractivity contribution in [2.75, 3.05) is 11.9 Å². The lowest BCUT2D eigenvalue weighted by Crippen LogP contribution is -2.31. The summed E-state index contributed by atoms with van der Waals surface area (Å²) in [6.07, 6.45) is 0. The molecule has 1 atom stereocenters. The van der Waals surface area contributed by atoms with E-state index in [1.165, 1.54) is 0 Å². The minimum Gasteiger partial charge on any atom is -0.324 e. The highest BCUT2D eigenvalue weighted by Crippen LogP contribution is 2.29. The number of anilines is 1. The second-order valence-electron chi connectivity index (χ2n) is 5.39. The number of halogens is 2. The Morgan fingerprint density at radius 3 is 2.52 bits per heavy atom. The van der Waals surface area contributed by atoms with E-state index in [0.29, 0.717) is 15.7 Å². The number of thiophene rings is 1. The zero-order valence-corrected chi connectivity index (χ0v) is 15.5. The molecular weight excluding hydrogens is 375 g/mol. The number of hydrogen-bond donors (Lipinski definition) is 2. The normalized spacial score (nSPS) is 11.9. The molecule has 0 saturated heterocycles. The molecule has 0 fully saturated rings. The Balaban J connectivity index is 1.69. The number of carbonyl (C=O) groups is 1. The lowest BCUT2D eigenvalue weighted by atomic mass is 10.1. The van der Waals surface area contributed by atoms with E-state index in [1.54, 1.807) is 29.5 Å². The molecule has 0 saturated carbocycles. The molecule has 128 valence electrons. The van der Waals surface area contributed by atoms with Crippen LogP contribution in [0.1, 0.15) is 16.5 Å². The van der Waals surface area contributed by atoms with Crippen LogP contribution < -0.4 is 10.6 Å². The molecule has 1 aromatic heterocycles. The van der Waals surface area contributed by atoms with Gasteiger partial charge < -0.3 is 5.32 Å². The van der Waals surface area contributed by atoms with Crippen LogP contribution in [0.15, 0.2) is 66.0 Å². The summed E-state index contributed by atoms with van der Waals surface area (Å²) in [4.78, 5) is 13.5. The molecule has 1 amide bonds. The zero-order valence-electron chi connectivity index (χ0n) is 13.2. The predicted molar refractivity (Wildman–Crippen MR) is 106 cm³/mol. The fourth-order valence-corrected chi connectivity index (χ4v) is 3.65. The topological polar surface area (TPSA) is 41.1 Å². The van der Waals surface area contributed by atoms with Gasteiger partial charge in [-0.1, -0.05) is 65.7 Å². The Labute approximate surface area is 160 Å².